The monoisotopic (exact) mass is 414 g/mol. The second kappa shape index (κ2) is 6.97. The van der Waals surface area contributed by atoms with Crippen molar-refractivity contribution in [3.05, 3.63) is 66.2 Å². The van der Waals surface area contributed by atoms with E-state index in [4.69, 9.17) is 0 Å². The smallest absolute Gasteiger partial charge is 0.375 e. The average Bonchev–Trinajstić information content (AvgIpc) is 2.60. The minimum Gasteiger partial charge on any atom is -0.375 e. The van der Waals surface area contributed by atoms with Crippen LogP contribution in [0.4, 0.5) is 13.2 Å². The van der Waals surface area contributed by atoms with Crippen LogP contribution in [0.3, 0.4) is 0 Å². The predicted molar refractivity (Wildman–Crippen MR) is 95.4 cm³/mol. The van der Waals surface area contributed by atoms with E-state index < -0.39 is 32.2 Å². The zero-order valence-corrected chi connectivity index (χ0v) is 15.5. The lowest BCUT2D eigenvalue weighted by Gasteiger charge is -2.15. The molecule has 0 fully saturated rings. The molecule has 0 aliphatic heterocycles. The molecule has 142 valence electrons. The fourth-order valence-electron chi connectivity index (χ4n) is 2.43. The molecule has 0 saturated carbocycles. The third kappa shape index (κ3) is 3.84. The van der Waals surface area contributed by atoms with Gasteiger partial charge >= 0.3 is 15.6 Å². The van der Waals surface area contributed by atoms with Crippen LogP contribution in [0.25, 0.3) is 10.8 Å². The number of rotatable bonds is 4. The van der Waals surface area contributed by atoms with Gasteiger partial charge in [-0.15, -0.1) is 0 Å². The van der Waals surface area contributed by atoms with E-state index in [0.717, 1.165) is 11.6 Å². The third-order valence-electron chi connectivity index (χ3n) is 3.75. The molecular weight excluding hydrogens is 401 g/mol. The summed E-state index contributed by atoms with van der Waals surface area (Å²) in [6.45, 7) is 1.83. The normalized spacial score (nSPS) is 13.5. The molecule has 0 heterocycles. The van der Waals surface area contributed by atoms with E-state index in [9.17, 15) is 25.8 Å². The highest BCUT2D eigenvalue weighted by molar-refractivity contribution is 7.88. The molecule has 3 rings (SSSR count). The topological polar surface area (TPSA) is 60.4 Å². The molecule has 0 aliphatic carbocycles. The molecule has 0 aromatic heterocycles. The van der Waals surface area contributed by atoms with Crippen molar-refractivity contribution >= 4 is 31.7 Å². The van der Waals surface area contributed by atoms with Crippen LogP contribution in [0.5, 0.6) is 5.75 Å². The molecule has 9 heteroatoms. The summed E-state index contributed by atoms with van der Waals surface area (Å²) in [6, 6.07) is 15.5. The largest absolute Gasteiger partial charge is 0.534 e. The fraction of sp³-hybridized carbons (Fsp3) is 0.111. The molecule has 0 radical (unpaired) electrons. The summed E-state index contributed by atoms with van der Waals surface area (Å²) in [7, 11) is -7.86. The van der Waals surface area contributed by atoms with Gasteiger partial charge in [-0.1, -0.05) is 48.0 Å². The quantitative estimate of drug-likeness (QED) is 0.464. The van der Waals surface area contributed by atoms with E-state index in [2.05, 4.69) is 4.18 Å². The Morgan fingerprint density at radius 2 is 1.56 bits per heavy atom. The van der Waals surface area contributed by atoms with Crippen molar-refractivity contribution in [2.45, 2.75) is 22.2 Å². The highest BCUT2D eigenvalue weighted by Gasteiger charge is 2.49. The molecule has 3 aromatic rings. The minimum atomic E-state index is -5.90. The molecule has 0 amide bonds. The van der Waals surface area contributed by atoms with Crippen molar-refractivity contribution < 1.29 is 30.0 Å². The van der Waals surface area contributed by atoms with E-state index in [1.54, 1.807) is 48.5 Å². The summed E-state index contributed by atoms with van der Waals surface area (Å²) < 4.78 is 78.6. The number of fused-ring (bicyclic) bond motifs is 1. The van der Waals surface area contributed by atoms with Gasteiger partial charge in [-0.3, -0.25) is 0 Å². The highest BCUT2D eigenvalue weighted by atomic mass is 32.2. The van der Waals surface area contributed by atoms with Crippen LogP contribution >= 0.6 is 0 Å². The van der Waals surface area contributed by atoms with Crippen LogP contribution in [0.1, 0.15) is 5.56 Å². The van der Waals surface area contributed by atoms with Crippen molar-refractivity contribution in [1.82, 2.24) is 0 Å². The number of halogens is 3. The van der Waals surface area contributed by atoms with E-state index in [1.165, 1.54) is 6.07 Å². The predicted octanol–water partition coefficient (Wildman–Crippen LogP) is 4.54. The Bertz CT molecular complexity index is 1120. The van der Waals surface area contributed by atoms with Gasteiger partial charge in [0, 0.05) is 10.3 Å². The first-order valence-corrected chi connectivity index (χ1v) is 10.2. The third-order valence-corrected chi connectivity index (χ3v) is 6.21. The lowest BCUT2D eigenvalue weighted by molar-refractivity contribution is -0.0500. The van der Waals surface area contributed by atoms with E-state index in [-0.39, 0.29) is 4.90 Å². The zero-order valence-electron chi connectivity index (χ0n) is 13.9. The SMILES string of the molecule is Cc1ccc(S(=O)c2c(OS(=O)(=O)C(F)(F)F)ccc3ccccc23)cc1. The van der Waals surface area contributed by atoms with Gasteiger partial charge in [-0.2, -0.15) is 21.6 Å². The number of aryl methyl sites for hydroxylation is 1. The molecule has 1 atom stereocenters. The summed E-state index contributed by atoms with van der Waals surface area (Å²) in [6.07, 6.45) is 0. The Kier molecular flexibility index (Phi) is 5.00. The number of alkyl halides is 3. The molecule has 0 bridgehead atoms. The average molecular weight is 414 g/mol. The van der Waals surface area contributed by atoms with Gasteiger partial charge in [0.15, 0.2) is 5.75 Å². The highest BCUT2D eigenvalue weighted by Crippen LogP contribution is 2.36. The van der Waals surface area contributed by atoms with Gasteiger partial charge in [0.25, 0.3) is 0 Å². The Morgan fingerprint density at radius 3 is 2.19 bits per heavy atom. The summed E-state index contributed by atoms with van der Waals surface area (Å²) in [5.41, 5.74) is -4.69. The summed E-state index contributed by atoms with van der Waals surface area (Å²) in [5.74, 6) is -0.620. The zero-order chi connectivity index (χ0) is 19.8. The number of hydrogen-bond acceptors (Lipinski definition) is 4. The Balaban J connectivity index is 2.22. The molecule has 27 heavy (non-hydrogen) atoms. The molecule has 1 unspecified atom stereocenters. The van der Waals surface area contributed by atoms with Crippen molar-refractivity contribution in [1.29, 1.82) is 0 Å². The van der Waals surface area contributed by atoms with Gasteiger partial charge in [0.1, 0.15) is 0 Å². The van der Waals surface area contributed by atoms with Crippen molar-refractivity contribution in [3.63, 3.8) is 0 Å². The van der Waals surface area contributed by atoms with Gasteiger partial charge in [0.2, 0.25) is 0 Å². The Hall–Kier alpha value is -2.39. The molecule has 0 N–H and O–H groups in total. The van der Waals surface area contributed by atoms with Crippen molar-refractivity contribution in [2.24, 2.45) is 0 Å². The maximum atomic E-state index is 13.1. The van der Waals surface area contributed by atoms with Crippen LogP contribution < -0.4 is 4.18 Å². The molecule has 0 saturated heterocycles. The standard InChI is InChI=1S/C18H13F3O4S2/c1-12-6-9-14(10-7-12)26(22)17-15-5-3-2-4-13(15)8-11-16(17)25-27(23,24)18(19,20)21/h2-11H,1H3. The van der Waals surface area contributed by atoms with E-state index in [1.807, 2.05) is 6.92 Å². The fourth-order valence-corrected chi connectivity index (χ4v) is 4.24. The van der Waals surface area contributed by atoms with Crippen molar-refractivity contribution in [2.75, 3.05) is 0 Å². The molecule has 0 aliphatic rings. The maximum Gasteiger partial charge on any atom is 0.534 e. The van der Waals surface area contributed by atoms with Crippen LogP contribution in [0.15, 0.2) is 70.5 Å². The van der Waals surface area contributed by atoms with E-state index >= 15 is 0 Å². The molecular formula is C18H13F3O4S2. The number of hydrogen-bond donors (Lipinski definition) is 0. The van der Waals surface area contributed by atoms with Gasteiger partial charge < -0.3 is 4.18 Å². The molecule has 4 nitrogen and oxygen atoms in total. The van der Waals surface area contributed by atoms with Gasteiger partial charge in [-0.25, -0.2) is 4.21 Å². The molecule has 0 spiro atoms. The first-order chi connectivity index (χ1) is 12.6. The van der Waals surface area contributed by atoms with Gasteiger partial charge in [0.05, 0.1) is 15.7 Å². The van der Waals surface area contributed by atoms with E-state index in [0.29, 0.717) is 15.7 Å². The summed E-state index contributed by atoms with van der Waals surface area (Å²) in [4.78, 5) is 0.177. The van der Waals surface area contributed by atoms with Crippen molar-refractivity contribution in [3.8, 4) is 5.75 Å². The summed E-state index contributed by atoms with van der Waals surface area (Å²) in [5, 5.41) is 0.927. The lowest BCUT2D eigenvalue weighted by atomic mass is 10.1. The Morgan fingerprint density at radius 1 is 0.926 bits per heavy atom. The summed E-state index contributed by atoms with van der Waals surface area (Å²) >= 11 is 0. The number of benzene rings is 3. The van der Waals surface area contributed by atoms with Crippen LogP contribution in [-0.2, 0) is 20.9 Å². The van der Waals surface area contributed by atoms with Crippen LogP contribution in [-0.4, -0.2) is 18.1 Å². The second-order valence-corrected chi connectivity index (χ2v) is 8.63. The van der Waals surface area contributed by atoms with Gasteiger partial charge in [-0.05, 0) is 30.5 Å². The minimum absolute atomic E-state index is 0.134. The first-order valence-electron chi connectivity index (χ1n) is 7.61. The second-order valence-electron chi connectivity index (χ2n) is 5.68. The maximum absolute atomic E-state index is 13.1. The van der Waals surface area contributed by atoms with Crippen LogP contribution in [0.2, 0.25) is 0 Å². The first kappa shape index (κ1) is 19.4. The lowest BCUT2D eigenvalue weighted by Crippen LogP contribution is -2.28. The Labute approximate surface area is 156 Å². The molecule has 3 aromatic carbocycles. The van der Waals surface area contributed by atoms with Crippen LogP contribution in [0, 0.1) is 6.92 Å².